The number of carbonyl (C=O) groups excluding carboxylic acids is 1. The zero-order chi connectivity index (χ0) is 22.9. The van der Waals surface area contributed by atoms with Gasteiger partial charge in [0.05, 0.1) is 24.9 Å². The number of ether oxygens (including phenoxy) is 7. The molecule has 0 saturated carbocycles. The fraction of sp³-hybridized carbons (Fsp3) is 0.480. The van der Waals surface area contributed by atoms with Crippen LogP contribution in [0.15, 0.2) is 60.7 Å². The molecule has 176 valence electrons. The molecule has 33 heavy (non-hydrogen) atoms. The lowest BCUT2D eigenvalue weighted by atomic mass is 9.85. The summed E-state index contributed by atoms with van der Waals surface area (Å²) in [6, 6.07) is 18.4. The van der Waals surface area contributed by atoms with Gasteiger partial charge in [-0.25, -0.2) is 4.79 Å². The molecule has 8 nitrogen and oxygen atoms in total. The van der Waals surface area contributed by atoms with Crippen LogP contribution >= 0.6 is 0 Å². The van der Waals surface area contributed by atoms with Crippen LogP contribution < -0.4 is 0 Å². The molecule has 3 heterocycles. The van der Waals surface area contributed by atoms with Crippen LogP contribution in [0.25, 0.3) is 0 Å². The molecule has 2 aromatic carbocycles. The summed E-state index contributed by atoms with van der Waals surface area (Å²) >= 11 is 0. The Bertz CT molecular complexity index is 945. The first-order valence-electron chi connectivity index (χ1n) is 11.2. The summed E-state index contributed by atoms with van der Waals surface area (Å²) in [5.41, 5.74) is 0.212. The lowest BCUT2D eigenvalue weighted by Crippen LogP contribution is -2.68. The van der Waals surface area contributed by atoms with Crippen molar-refractivity contribution >= 4 is 5.97 Å². The maximum Gasteiger partial charge on any atom is 0.338 e. The predicted octanol–water partition coefficient (Wildman–Crippen LogP) is 3.57. The highest BCUT2D eigenvalue weighted by Crippen LogP contribution is 2.49. The standard InChI is InChI=1S/C25H28O8/c1-3-24(32-21(26)17-10-6-4-7-11-17)16-19-20(31-23(24)27-2)25(28-14-15-29-25)33-22(30-19)18-12-8-5-9-13-18/h4-13,19-20,22-23H,3,14-16H2,1-2H3/t19-,20-,22-,23-,24+/m0/s1. The van der Waals surface area contributed by atoms with E-state index in [9.17, 15) is 4.79 Å². The first-order chi connectivity index (χ1) is 16.1. The number of methoxy groups -OCH3 is 1. The predicted molar refractivity (Wildman–Crippen MR) is 115 cm³/mol. The minimum Gasteiger partial charge on any atom is -0.450 e. The van der Waals surface area contributed by atoms with Crippen LogP contribution in [0.3, 0.4) is 0 Å². The molecular formula is C25H28O8. The molecule has 0 bridgehead atoms. The summed E-state index contributed by atoms with van der Waals surface area (Å²) < 4.78 is 42.4. The fourth-order valence-electron chi connectivity index (χ4n) is 4.68. The Morgan fingerprint density at radius 1 is 1.00 bits per heavy atom. The van der Waals surface area contributed by atoms with Crippen LogP contribution in [0.4, 0.5) is 0 Å². The minimum absolute atomic E-state index is 0.326. The second-order valence-corrected chi connectivity index (χ2v) is 8.34. The average molecular weight is 456 g/mol. The minimum atomic E-state index is -1.43. The highest BCUT2D eigenvalue weighted by atomic mass is 16.9. The second kappa shape index (κ2) is 9.13. The molecule has 0 N–H and O–H groups in total. The Kier molecular flexibility index (Phi) is 6.22. The molecule has 0 unspecified atom stereocenters. The van der Waals surface area contributed by atoms with E-state index in [4.69, 9.17) is 33.2 Å². The van der Waals surface area contributed by atoms with Crippen molar-refractivity contribution < 1.29 is 38.0 Å². The fourth-order valence-corrected chi connectivity index (χ4v) is 4.68. The number of hydrogen-bond donors (Lipinski definition) is 0. The van der Waals surface area contributed by atoms with E-state index in [0.717, 1.165) is 5.56 Å². The number of benzene rings is 2. The van der Waals surface area contributed by atoms with Crippen LogP contribution in [0.2, 0.25) is 0 Å². The summed E-state index contributed by atoms with van der Waals surface area (Å²) in [7, 11) is 1.52. The average Bonchev–Trinajstić information content (AvgIpc) is 3.33. The Morgan fingerprint density at radius 3 is 2.30 bits per heavy atom. The molecule has 0 aliphatic carbocycles. The van der Waals surface area contributed by atoms with Crippen LogP contribution in [-0.4, -0.2) is 56.4 Å². The molecule has 2 aromatic rings. The van der Waals surface area contributed by atoms with E-state index in [1.165, 1.54) is 7.11 Å². The molecule has 5 rings (SSSR count). The van der Waals surface area contributed by atoms with Gasteiger partial charge in [0.2, 0.25) is 0 Å². The summed E-state index contributed by atoms with van der Waals surface area (Å²) in [5, 5.41) is 0. The molecular weight excluding hydrogens is 428 g/mol. The van der Waals surface area contributed by atoms with Crippen molar-refractivity contribution in [3.05, 3.63) is 71.8 Å². The van der Waals surface area contributed by atoms with Crippen molar-refractivity contribution in [2.45, 2.75) is 56.1 Å². The van der Waals surface area contributed by atoms with Gasteiger partial charge in [-0.1, -0.05) is 55.5 Å². The topological polar surface area (TPSA) is 81.7 Å². The largest absolute Gasteiger partial charge is 0.450 e. The highest BCUT2D eigenvalue weighted by molar-refractivity contribution is 5.89. The van der Waals surface area contributed by atoms with Gasteiger partial charge in [0.25, 0.3) is 0 Å². The monoisotopic (exact) mass is 456 g/mol. The van der Waals surface area contributed by atoms with Crippen molar-refractivity contribution in [2.75, 3.05) is 20.3 Å². The van der Waals surface area contributed by atoms with E-state index in [1.807, 2.05) is 43.3 Å². The van der Waals surface area contributed by atoms with Gasteiger partial charge < -0.3 is 28.4 Å². The third-order valence-corrected chi connectivity index (χ3v) is 6.38. The van der Waals surface area contributed by atoms with Crippen LogP contribution in [0.5, 0.6) is 0 Å². The summed E-state index contributed by atoms with van der Waals surface area (Å²) in [4.78, 5) is 13.0. The second-order valence-electron chi connectivity index (χ2n) is 8.34. The number of fused-ring (bicyclic) bond motifs is 2. The smallest absolute Gasteiger partial charge is 0.338 e. The molecule has 3 saturated heterocycles. The zero-order valence-electron chi connectivity index (χ0n) is 18.7. The van der Waals surface area contributed by atoms with Gasteiger partial charge >= 0.3 is 11.9 Å². The number of carbonyl (C=O) groups is 1. The molecule has 8 heteroatoms. The van der Waals surface area contributed by atoms with Crippen LogP contribution in [-0.2, 0) is 33.2 Å². The van der Waals surface area contributed by atoms with E-state index in [2.05, 4.69) is 0 Å². The molecule has 5 atom stereocenters. The molecule has 0 radical (unpaired) electrons. The zero-order valence-corrected chi connectivity index (χ0v) is 18.7. The van der Waals surface area contributed by atoms with Gasteiger partial charge in [0.1, 0.15) is 0 Å². The van der Waals surface area contributed by atoms with Gasteiger partial charge in [-0.3, -0.25) is 4.74 Å². The van der Waals surface area contributed by atoms with Crippen molar-refractivity contribution in [2.24, 2.45) is 0 Å². The highest BCUT2D eigenvalue weighted by Gasteiger charge is 2.64. The SMILES string of the molecule is CC[C@@]1(OC(=O)c2ccccc2)C[C@@H]2O[C@H](c3ccccc3)OC3(OCCO3)[C@H]2O[C@@H]1OC. The van der Waals surface area contributed by atoms with Crippen LogP contribution in [0.1, 0.15) is 42.0 Å². The lowest BCUT2D eigenvalue weighted by molar-refractivity contribution is -0.493. The van der Waals surface area contributed by atoms with E-state index >= 15 is 0 Å². The maximum atomic E-state index is 13.0. The first kappa shape index (κ1) is 22.5. The molecule has 3 aliphatic heterocycles. The summed E-state index contributed by atoms with van der Waals surface area (Å²) in [6.07, 6.45) is -2.06. The third kappa shape index (κ3) is 4.07. The quantitative estimate of drug-likeness (QED) is 0.632. The van der Waals surface area contributed by atoms with Gasteiger partial charge in [-0.05, 0) is 18.6 Å². The van der Waals surface area contributed by atoms with Gasteiger partial charge in [0, 0.05) is 19.1 Å². The molecule has 0 amide bonds. The molecule has 3 aliphatic rings. The molecule has 1 spiro atoms. The summed E-state index contributed by atoms with van der Waals surface area (Å²) in [5.74, 6) is -1.87. The van der Waals surface area contributed by atoms with Gasteiger partial charge in [-0.15, -0.1) is 0 Å². The maximum absolute atomic E-state index is 13.0. The Balaban J connectivity index is 1.46. The number of rotatable bonds is 5. The first-order valence-corrected chi connectivity index (χ1v) is 11.2. The Morgan fingerprint density at radius 2 is 1.67 bits per heavy atom. The van der Waals surface area contributed by atoms with E-state index < -0.39 is 42.3 Å². The summed E-state index contributed by atoms with van der Waals surface area (Å²) in [6.45, 7) is 2.67. The van der Waals surface area contributed by atoms with E-state index in [-0.39, 0.29) is 0 Å². The van der Waals surface area contributed by atoms with Gasteiger partial charge in [-0.2, -0.15) is 0 Å². The Hall–Kier alpha value is -2.33. The van der Waals surface area contributed by atoms with Crippen molar-refractivity contribution in [1.82, 2.24) is 0 Å². The lowest BCUT2D eigenvalue weighted by Gasteiger charge is -2.54. The molecule has 0 aromatic heterocycles. The van der Waals surface area contributed by atoms with Gasteiger partial charge in [0.15, 0.2) is 24.3 Å². The Labute approximate surface area is 192 Å². The van der Waals surface area contributed by atoms with E-state index in [0.29, 0.717) is 31.6 Å². The van der Waals surface area contributed by atoms with Crippen molar-refractivity contribution in [3.63, 3.8) is 0 Å². The third-order valence-electron chi connectivity index (χ3n) is 6.38. The molecule has 3 fully saturated rings. The van der Waals surface area contributed by atoms with Crippen molar-refractivity contribution in [1.29, 1.82) is 0 Å². The number of esters is 1. The normalized spacial score (nSPS) is 32.9. The number of hydrogen-bond acceptors (Lipinski definition) is 8. The van der Waals surface area contributed by atoms with Crippen LogP contribution in [0, 0.1) is 0 Å². The van der Waals surface area contributed by atoms with Crippen molar-refractivity contribution in [3.8, 4) is 0 Å². The van der Waals surface area contributed by atoms with E-state index in [1.54, 1.807) is 24.3 Å².